The van der Waals surface area contributed by atoms with Gasteiger partial charge in [-0.1, -0.05) is 24.3 Å². The molecule has 146 valence electrons. The molecule has 0 saturated carbocycles. The number of nitrogens with two attached hydrogens (primary N) is 1. The minimum Gasteiger partial charge on any atom is -0.492 e. The molecule has 5 nitrogen and oxygen atoms in total. The number of benzene rings is 3. The Hall–Kier alpha value is -3.60. The van der Waals surface area contributed by atoms with Crippen molar-refractivity contribution in [1.29, 1.82) is 0 Å². The Kier molecular flexibility index (Phi) is 5.04. The molecule has 5 heteroatoms. The zero-order valence-corrected chi connectivity index (χ0v) is 16.1. The average molecular weight is 387 g/mol. The molecule has 0 radical (unpaired) electrons. The lowest BCUT2D eigenvalue weighted by Crippen LogP contribution is -2.16. The molecule has 0 fully saturated rings. The largest absolute Gasteiger partial charge is 0.492 e. The molecule has 0 bridgehead atoms. The second-order valence-corrected chi connectivity index (χ2v) is 7.07. The van der Waals surface area contributed by atoms with Gasteiger partial charge in [0.2, 0.25) is 5.91 Å². The van der Waals surface area contributed by atoms with Crippen LogP contribution in [0.25, 0.3) is 0 Å². The number of hydrogen-bond acceptors (Lipinski definition) is 4. The molecule has 1 aliphatic rings. The molecule has 3 aromatic rings. The minimum absolute atomic E-state index is 0.106. The standard InChI is InChI=1S/C24H21NO4/c1-15-22(11-10-20-21(26)12-13-28-23(15)20)29-19-8-4-17(5-9-19)14-16-2-6-18(7-3-16)24(25)27/h2-11H,12-14H2,1H3,(H2,25,27). The van der Waals surface area contributed by atoms with Crippen molar-refractivity contribution in [3.8, 4) is 17.2 Å². The van der Waals surface area contributed by atoms with E-state index in [2.05, 4.69) is 0 Å². The molecule has 0 atom stereocenters. The van der Waals surface area contributed by atoms with Crippen molar-refractivity contribution in [3.05, 3.63) is 88.5 Å². The third-order valence-electron chi connectivity index (χ3n) is 5.03. The monoisotopic (exact) mass is 387 g/mol. The van der Waals surface area contributed by atoms with Crippen molar-refractivity contribution in [1.82, 2.24) is 0 Å². The summed E-state index contributed by atoms with van der Waals surface area (Å²) < 4.78 is 11.7. The fourth-order valence-electron chi connectivity index (χ4n) is 3.40. The van der Waals surface area contributed by atoms with Gasteiger partial charge >= 0.3 is 0 Å². The van der Waals surface area contributed by atoms with E-state index < -0.39 is 5.91 Å². The lowest BCUT2D eigenvalue weighted by molar-refractivity contribution is 0.0931. The van der Waals surface area contributed by atoms with Gasteiger partial charge in [0.15, 0.2) is 5.78 Å². The molecule has 1 heterocycles. The van der Waals surface area contributed by atoms with E-state index in [1.54, 1.807) is 18.2 Å². The summed E-state index contributed by atoms with van der Waals surface area (Å²) in [7, 11) is 0. The summed E-state index contributed by atoms with van der Waals surface area (Å²) in [5.41, 5.74) is 9.45. The van der Waals surface area contributed by atoms with E-state index >= 15 is 0 Å². The van der Waals surface area contributed by atoms with E-state index in [0.717, 1.165) is 23.1 Å². The molecule has 4 rings (SSSR count). The fourth-order valence-corrected chi connectivity index (χ4v) is 3.40. The number of ether oxygens (including phenoxy) is 2. The normalized spacial score (nSPS) is 12.8. The third-order valence-corrected chi connectivity index (χ3v) is 5.03. The molecule has 0 saturated heterocycles. The SMILES string of the molecule is Cc1c(Oc2ccc(Cc3ccc(C(N)=O)cc3)cc2)ccc2c1OCCC2=O. The molecule has 0 spiro atoms. The van der Waals surface area contributed by atoms with Gasteiger partial charge in [0.1, 0.15) is 17.2 Å². The van der Waals surface area contributed by atoms with Gasteiger partial charge in [-0.05, 0) is 60.9 Å². The van der Waals surface area contributed by atoms with Gasteiger partial charge in [-0.2, -0.15) is 0 Å². The highest BCUT2D eigenvalue weighted by Gasteiger charge is 2.22. The highest BCUT2D eigenvalue weighted by Crippen LogP contribution is 2.36. The summed E-state index contributed by atoms with van der Waals surface area (Å²) in [6.45, 7) is 2.31. The van der Waals surface area contributed by atoms with Gasteiger partial charge in [0, 0.05) is 17.5 Å². The molecule has 0 unspecified atom stereocenters. The smallest absolute Gasteiger partial charge is 0.248 e. The van der Waals surface area contributed by atoms with E-state index in [1.165, 1.54) is 0 Å². The van der Waals surface area contributed by atoms with Crippen LogP contribution >= 0.6 is 0 Å². The third kappa shape index (κ3) is 3.99. The van der Waals surface area contributed by atoms with Crippen LogP contribution in [0.4, 0.5) is 0 Å². The maximum atomic E-state index is 12.0. The van der Waals surface area contributed by atoms with Crippen LogP contribution in [0.3, 0.4) is 0 Å². The predicted octanol–water partition coefficient (Wildman–Crippen LogP) is 4.44. The number of amides is 1. The van der Waals surface area contributed by atoms with Crippen molar-refractivity contribution >= 4 is 11.7 Å². The number of rotatable bonds is 5. The van der Waals surface area contributed by atoms with Crippen molar-refractivity contribution in [2.75, 3.05) is 6.61 Å². The van der Waals surface area contributed by atoms with Gasteiger partial charge in [-0.25, -0.2) is 0 Å². The number of ketones is 1. The van der Waals surface area contributed by atoms with Crippen LogP contribution in [0, 0.1) is 6.92 Å². The van der Waals surface area contributed by atoms with Gasteiger partial charge in [0.25, 0.3) is 0 Å². The Bertz CT molecular complexity index is 1070. The molecule has 0 aromatic heterocycles. The Balaban J connectivity index is 1.47. The summed E-state index contributed by atoms with van der Waals surface area (Å²) >= 11 is 0. The second kappa shape index (κ2) is 7.80. The summed E-state index contributed by atoms with van der Waals surface area (Å²) in [5, 5.41) is 0. The Morgan fingerprint density at radius 1 is 1.00 bits per heavy atom. The van der Waals surface area contributed by atoms with E-state index in [9.17, 15) is 9.59 Å². The van der Waals surface area contributed by atoms with Gasteiger partial charge in [-0.3, -0.25) is 9.59 Å². The first-order chi connectivity index (χ1) is 14.0. The first-order valence-electron chi connectivity index (χ1n) is 9.46. The number of primary amides is 1. The number of hydrogen-bond donors (Lipinski definition) is 1. The van der Waals surface area contributed by atoms with Crippen LogP contribution < -0.4 is 15.2 Å². The van der Waals surface area contributed by atoms with Crippen molar-refractivity contribution in [2.24, 2.45) is 5.73 Å². The van der Waals surface area contributed by atoms with Crippen LogP contribution in [-0.2, 0) is 6.42 Å². The quantitative estimate of drug-likeness (QED) is 0.702. The fraction of sp³-hybridized carbons (Fsp3) is 0.167. The number of carbonyl (C=O) groups is 2. The van der Waals surface area contributed by atoms with E-state index in [0.29, 0.717) is 41.4 Å². The molecule has 0 aliphatic carbocycles. The Labute approximate surface area is 169 Å². The number of fused-ring (bicyclic) bond motifs is 1. The van der Waals surface area contributed by atoms with Crippen LogP contribution in [0.1, 0.15) is 43.8 Å². The molecular formula is C24H21NO4. The average Bonchev–Trinajstić information content (AvgIpc) is 2.72. The summed E-state index contributed by atoms with van der Waals surface area (Å²) in [6.07, 6.45) is 1.16. The maximum Gasteiger partial charge on any atom is 0.248 e. The van der Waals surface area contributed by atoms with Gasteiger partial charge in [-0.15, -0.1) is 0 Å². The van der Waals surface area contributed by atoms with E-state index in [-0.39, 0.29) is 5.78 Å². The van der Waals surface area contributed by atoms with Gasteiger partial charge < -0.3 is 15.2 Å². The zero-order valence-electron chi connectivity index (χ0n) is 16.1. The summed E-state index contributed by atoms with van der Waals surface area (Å²) in [4.78, 5) is 23.2. The van der Waals surface area contributed by atoms with E-state index in [4.69, 9.17) is 15.2 Å². The van der Waals surface area contributed by atoms with Crippen molar-refractivity contribution in [3.63, 3.8) is 0 Å². The topological polar surface area (TPSA) is 78.6 Å². The molecule has 2 N–H and O–H groups in total. The van der Waals surface area contributed by atoms with Crippen molar-refractivity contribution < 1.29 is 19.1 Å². The Morgan fingerprint density at radius 3 is 2.31 bits per heavy atom. The highest BCUT2D eigenvalue weighted by atomic mass is 16.5. The second-order valence-electron chi connectivity index (χ2n) is 7.07. The summed E-state index contributed by atoms with van der Waals surface area (Å²) in [5.74, 6) is 1.69. The van der Waals surface area contributed by atoms with Crippen LogP contribution in [-0.4, -0.2) is 18.3 Å². The first kappa shape index (κ1) is 18.7. The van der Waals surface area contributed by atoms with Crippen LogP contribution in [0.15, 0.2) is 60.7 Å². The molecule has 1 amide bonds. The summed E-state index contributed by atoms with van der Waals surface area (Å²) in [6, 6.07) is 18.7. The Morgan fingerprint density at radius 2 is 1.66 bits per heavy atom. The number of Topliss-reactive ketones (excluding diaryl/α,β-unsaturated/α-hetero) is 1. The molecule has 1 aliphatic heterocycles. The van der Waals surface area contributed by atoms with Crippen molar-refractivity contribution in [2.45, 2.75) is 19.8 Å². The lowest BCUT2D eigenvalue weighted by Gasteiger charge is -2.20. The van der Waals surface area contributed by atoms with Crippen LogP contribution in [0.5, 0.6) is 17.2 Å². The highest BCUT2D eigenvalue weighted by molar-refractivity contribution is 6.00. The molecular weight excluding hydrogens is 366 g/mol. The van der Waals surface area contributed by atoms with Crippen LogP contribution in [0.2, 0.25) is 0 Å². The predicted molar refractivity (Wildman–Crippen MR) is 110 cm³/mol. The maximum absolute atomic E-state index is 12.0. The number of carbonyl (C=O) groups excluding carboxylic acids is 2. The van der Waals surface area contributed by atoms with E-state index in [1.807, 2.05) is 49.4 Å². The molecule has 29 heavy (non-hydrogen) atoms. The zero-order chi connectivity index (χ0) is 20.4. The minimum atomic E-state index is -0.426. The first-order valence-corrected chi connectivity index (χ1v) is 9.46. The van der Waals surface area contributed by atoms with Gasteiger partial charge in [0.05, 0.1) is 12.2 Å². The molecule has 3 aromatic carbocycles. The lowest BCUT2D eigenvalue weighted by atomic mass is 10.0.